The van der Waals surface area contributed by atoms with Crippen molar-refractivity contribution in [3.8, 4) is 11.8 Å². The zero-order valence-electron chi connectivity index (χ0n) is 18.9. The number of hydrogen-bond donors (Lipinski definition) is 2. The Labute approximate surface area is 214 Å². The smallest absolute Gasteiger partial charge is 0.355 e. The number of carbonyl (C=O) groups excluding carboxylic acids is 2. The van der Waals surface area contributed by atoms with Gasteiger partial charge >= 0.3 is 17.9 Å². The SMILES string of the molecule is COC(=O)C1=C(C(=O)OC)N(c2cc(OC)c(C(=O)O)cc2I)C(N)=C(C#N)C1c1ccccc1. The highest BCUT2D eigenvalue weighted by atomic mass is 127. The Morgan fingerprint density at radius 3 is 2.23 bits per heavy atom. The first-order chi connectivity index (χ1) is 16.7. The van der Waals surface area contributed by atoms with Crippen molar-refractivity contribution in [2.75, 3.05) is 26.2 Å². The summed E-state index contributed by atoms with van der Waals surface area (Å²) in [6.07, 6.45) is 0. The molecule has 0 saturated carbocycles. The predicted octanol–water partition coefficient (Wildman–Crippen LogP) is 2.90. The van der Waals surface area contributed by atoms with Crippen LogP contribution in [0.3, 0.4) is 0 Å². The molecule has 1 aliphatic rings. The van der Waals surface area contributed by atoms with E-state index in [1.165, 1.54) is 24.1 Å². The number of esters is 2. The molecular weight excluding hydrogens is 569 g/mol. The van der Waals surface area contributed by atoms with Crippen molar-refractivity contribution in [2.24, 2.45) is 5.73 Å². The van der Waals surface area contributed by atoms with E-state index < -0.39 is 23.8 Å². The van der Waals surface area contributed by atoms with Gasteiger partial charge < -0.3 is 25.1 Å². The van der Waals surface area contributed by atoms with Gasteiger partial charge in [0.05, 0.1) is 50.2 Å². The molecule has 0 bridgehead atoms. The molecule has 11 heteroatoms. The van der Waals surface area contributed by atoms with Crippen LogP contribution in [0, 0.1) is 14.9 Å². The maximum atomic E-state index is 13.1. The summed E-state index contributed by atoms with van der Waals surface area (Å²) in [5, 5.41) is 19.6. The standard InChI is InChI=1S/C24H20IN3O7/c1-33-17-10-16(15(25)9-13(17)22(29)30)28-20(24(32)35-3)19(23(31)34-2)18(14(11-26)21(28)27)12-7-5-4-6-8-12/h4-10,18H,27H2,1-3H3,(H,29,30). The Morgan fingerprint density at radius 1 is 1.09 bits per heavy atom. The quantitative estimate of drug-likeness (QED) is 0.380. The second kappa shape index (κ2) is 10.5. The van der Waals surface area contributed by atoms with Gasteiger partial charge in [0.1, 0.15) is 22.8 Å². The maximum absolute atomic E-state index is 13.1. The Hall–Kier alpha value is -4.05. The van der Waals surface area contributed by atoms with E-state index in [-0.39, 0.29) is 39.7 Å². The van der Waals surface area contributed by atoms with Gasteiger partial charge in [-0.05, 0) is 34.2 Å². The number of carboxylic acids is 1. The number of benzene rings is 2. The number of anilines is 1. The minimum absolute atomic E-state index is 0.0127. The summed E-state index contributed by atoms with van der Waals surface area (Å²) in [5.74, 6) is -4.19. The van der Waals surface area contributed by atoms with Crippen molar-refractivity contribution in [3.05, 3.63) is 79.8 Å². The minimum Gasteiger partial charge on any atom is -0.496 e. The Kier molecular flexibility index (Phi) is 7.65. The number of hydrogen-bond acceptors (Lipinski definition) is 9. The first-order valence-electron chi connectivity index (χ1n) is 9.98. The number of nitrogens with two attached hydrogens (primary N) is 1. The van der Waals surface area contributed by atoms with Crippen molar-refractivity contribution in [1.29, 1.82) is 5.26 Å². The average Bonchev–Trinajstić information content (AvgIpc) is 2.87. The van der Waals surface area contributed by atoms with Gasteiger partial charge in [-0.2, -0.15) is 5.26 Å². The number of rotatable bonds is 6. The van der Waals surface area contributed by atoms with Crippen molar-refractivity contribution < 1.29 is 33.7 Å². The van der Waals surface area contributed by atoms with Crippen LogP contribution in [0.5, 0.6) is 5.75 Å². The van der Waals surface area contributed by atoms with Crippen molar-refractivity contribution in [2.45, 2.75) is 5.92 Å². The van der Waals surface area contributed by atoms with Crippen LogP contribution in [0.4, 0.5) is 5.69 Å². The third-order valence-corrected chi connectivity index (χ3v) is 6.21. The van der Waals surface area contributed by atoms with Gasteiger partial charge in [-0.25, -0.2) is 14.4 Å². The van der Waals surface area contributed by atoms with E-state index in [0.29, 0.717) is 9.13 Å². The summed E-state index contributed by atoms with van der Waals surface area (Å²) in [6.45, 7) is 0. The first kappa shape index (κ1) is 25.6. The molecule has 1 heterocycles. The molecule has 180 valence electrons. The molecule has 0 aromatic heterocycles. The lowest BCUT2D eigenvalue weighted by molar-refractivity contribution is -0.139. The van der Waals surface area contributed by atoms with E-state index in [4.69, 9.17) is 19.9 Å². The molecule has 1 aliphatic heterocycles. The van der Waals surface area contributed by atoms with Gasteiger partial charge in [-0.1, -0.05) is 30.3 Å². The fraction of sp³-hybridized carbons (Fsp3) is 0.167. The number of methoxy groups -OCH3 is 3. The molecule has 35 heavy (non-hydrogen) atoms. The Bertz CT molecular complexity index is 1310. The lowest BCUT2D eigenvalue weighted by atomic mass is 9.81. The summed E-state index contributed by atoms with van der Waals surface area (Å²) < 4.78 is 15.6. The fourth-order valence-corrected chi connectivity index (χ4v) is 4.52. The molecule has 0 spiro atoms. The van der Waals surface area contributed by atoms with Gasteiger partial charge in [0.25, 0.3) is 0 Å². The number of aromatic carboxylic acids is 1. The van der Waals surface area contributed by atoms with E-state index in [2.05, 4.69) is 6.07 Å². The molecule has 3 N–H and O–H groups in total. The molecule has 2 aromatic rings. The molecule has 0 saturated heterocycles. The number of ether oxygens (including phenoxy) is 3. The summed E-state index contributed by atoms with van der Waals surface area (Å²) >= 11 is 1.87. The summed E-state index contributed by atoms with van der Waals surface area (Å²) in [4.78, 5) is 39.1. The van der Waals surface area contributed by atoms with Crippen LogP contribution in [-0.4, -0.2) is 44.3 Å². The molecule has 0 amide bonds. The topological polar surface area (TPSA) is 152 Å². The van der Waals surface area contributed by atoms with E-state index in [1.807, 2.05) is 22.6 Å². The van der Waals surface area contributed by atoms with Crippen molar-refractivity contribution >= 4 is 46.2 Å². The van der Waals surface area contributed by atoms with Crippen LogP contribution in [0.15, 0.2) is 65.1 Å². The third kappa shape index (κ3) is 4.52. The molecule has 2 aromatic carbocycles. The Balaban J connectivity index is 2.46. The van der Waals surface area contributed by atoms with Crippen LogP contribution >= 0.6 is 22.6 Å². The van der Waals surface area contributed by atoms with Crippen molar-refractivity contribution in [3.63, 3.8) is 0 Å². The second-order valence-electron chi connectivity index (χ2n) is 7.14. The highest BCUT2D eigenvalue weighted by Crippen LogP contribution is 2.45. The predicted molar refractivity (Wildman–Crippen MR) is 132 cm³/mol. The van der Waals surface area contributed by atoms with E-state index in [0.717, 1.165) is 14.2 Å². The minimum atomic E-state index is -1.23. The van der Waals surface area contributed by atoms with Gasteiger partial charge in [-0.3, -0.25) is 4.90 Å². The zero-order chi connectivity index (χ0) is 25.9. The van der Waals surface area contributed by atoms with Gasteiger partial charge in [0.2, 0.25) is 0 Å². The number of halogens is 1. The van der Waals surface area contributed by atoms with Crippen LogP contribution in [0.2, 0.25) is 0 Å². The number of carbonyl (C=O) groups is 3. The maximum Gasteiger partial charge on any atom is 0.355 e. The van der Waals surface area contributed by atoms with Gasteiger partial charge in [0.15, 0.2) is 0 Å². The largest absolute Gasteiger partial charge is 0.496 e. The van der Waals surface area contributed by atoms with E-state index in [9.17, 15) is 24.8 Å². The monoisotopic (exact) mass is 589 g/mol. The first-order valence-corrected chi connectivity index (χ1v) is 11.1. The summed E-state index contributed by atoms with van der Waals surface area (Å²) in [6, 6.07) is 13.3. The highest BCUT2D eigenvalue weighted by molar-refractivity contribution is 14.1. The molecule has 1 unspecified atom stereocenters. The number of nitriles is 1. The average molecular weight is 589 g/mol. The lowest BCUT2D eigenvalue weighted by Crippen LogP contribution is -2.41. The molecule has 10 nitrogen and oxygen atoms in total. The normalized spacial score (nSPS) is 15.4. The molecular formula is C24H20IN3O7. The van der Waals surface area contributed by atoms with Gasteiger partial charge in [-0.15, -0.1) is 0 Å². The second-order valence-corrected chi connectivity index (χ2v) is 8.31. The summed E-state index contributed by atoms with van der Waals surface area (Å²) in [5.41, 5.74) is 6.63. The lowest BCUT2D eigenvalue weighted by Gasteiger charge is -2.36. The van der Waals surface area contributed by atoms with Crippen LogP contribution in [0.25, 0.3) is 0 Å². The van der Waals surface area contributed by atoms with Crippen LogP contribution in [-0.2, 0) is 19.1 Å². The van der Waals surface area contributed by atoms with Crippen LogP contribution in [0.1, 0.15) is 21.8 Å². The molecule has 3 rings (SSSR count). The highest BCUT2D eigenvalue weighted by Gasteiger charge is 2.43. The van der Waals surface area contributed by atoms with Crippen molar-refractivity contribution in [1.82, 2.24) is 0 Å². The fourth-order valence-electron chi connectivity index (χ4n) is 3.81. The van der Waals surface area contributed by atoms with E-state index >= 15 is 0 Å². The Morgan fingerprint density at radius 2 is 1.71 bits per heavy atom. The molecule has 0 aliphatic carbocycles. The number of carboxylic acid groups (broad SMARTS) is 1. The van der Waals surface area contributed by atoms with Gasteiger partial charge in [0, 0.05) is 9.64 Å². The summed E-state index contributed by atoms with van der Waals surface area (Å²) in [7, 11) is 3.58. The zero-order valence-corrected chi connectivity index (χ0v) is 21.0. The molecule has 0 fully saturated rings. The van der Waals surface area contributed by atoms with Crippen LogP contribution < -0.4 is 15.4 Å². The molecule has 1 atom stereocenters. The number of nitrogens with zero attached hydrogens (tertiary/aromatic N) is 2. The number of allylic oxidation sites excluding steroid dienone is 1. The van der Waals surface area contributed by atoms with E-state index in [1.54, 1.807) is 30.3 Å². The third-order valence-electron chi connectivity index (χ3n) is 5.35. The molecule has 0 radical (unpaired) electrons.